The summed E-state index contributed by atoms with van der Waals surface area (Å²) < 4.78 is 0. The van der Waals surface area contributed by atoms with Crippen molar-refractivity contribution in [2.75, 3.05) is 13.1 Å². The van der Waals surface area contributed by atoms with Gasteiger partial charge in [-0.05, 0) is 13.8 Å². The number of thiazole rings is 1. The summed E-state index contributed by atoms with van der Waals surface area (Å²) in [5.74, 6) is -0.560. The summed E-state index contributed by atoms with van der Waals surface area (Å²) in [6, 6.07) is -0.435. The summed E-state index contributed by atoms with van der Waals surface area (Å²) in [5.41, 5.74) is 1.40. The van der Waals surface area contributed by atoms with Gasteiger partial charge in [0.15, 0.2) is 5.69 Å². The number of rotatable bonds is 2. The highest BCUT2D eigenvalue weighted by molar-refractivity contribution is 7.07. The first-order valence-electron chi connectivity index (χ1n) is 7.54. The third kappa shape index (κ3) is 2.82. The Morgan fingerprint density at radius 2 is 1.83 bits per heavy atom. The Balaban J connectivity index is 1.79. The van der Waals surface area contributed by atoms with Crippen LogP contribution in [-0.2, 0) is 0 Å². The summed E-state index contributed by atoms with van der Waals surface area (Å²) in [6.45, 7) is 4.48. The van der Waals surface area contributed by atoms with Crippen molar-refractivity contribution in [2.45, 2.75) is 25.9 Å². The number of nitrogens with zero attached hydrogens (tertiary/aromatic N) is 4. The maximum absolute atomic E-state index is 12.6. The van der Waals surface area contributed by atoms with E-state index in [1.54, 1.807) is 20.7 Å². The molecule has 8 nitrogen and oxygen atoms in total. The fourth-order valence-electron chi connectivity index (χ4n) is 2.82. The number of hydrogen-bond donors (Lipinski definition) is 1. The van der Waals surface area contributed by atoms with E-state index in [4.69, 9.17) is 0 Å². The molecule has 1 aliphatic rings. The molecule has 2 amide bonds. The average molecular weight is 347 g/mol. The number of nitrogens with one attached hydrogen (secondary N) is 1. The minimum Gasteiger partial charge on any atom is -0.331 e. The van der Waals surface area contributed by atoms with E-state index in [0.717, 1.165) is 0 Å². The zero-order chi connectivity index (χ0) is 17.3. The topological polar surface area (TPSA) is 99.3 Å². The number of amides is 2. The van der Waals surface area contributed by atoms with Crippen LogP contribution in [0.5, 0.6) is 0 Å². The second-order valence-electron chi connectivity index (χ2n) is 5.62. The predicted molar refractivity (Wildman–Crippen MR) is 88.0 cm³/mol. The Bertz CT molecular complexity index is 803. The Hall–Kier alpha value is -2.55. The molecular formula is C15H17N5O3S. The van der Waals surface area contributed by atoms with Crippen molar-refractivity contribution in [1.82, 2.24) is 24.8 Å². The lowest BCUT2D eigenvalue weighted by atomic mass is 10.0. The van der Waals surface area contributed by atoms with E-state index in [1.165, 1.54) is 23.7 Å². The van der Waals surface area contributed by atoms with E-state index in [-0.39, 0.29) is 23.7 Å². The molecule has 0 unspecified atom stereocenters. The van der Waals surface area contributed by atoms with Crippen molar-refractivity contribution in [1.29, 1.82) is 0 Å². The fraction of sp³-hybridized carbons (Fsp3) is 0.400. The highest BCUT2D eigenvalue weighted by Gasteiger charge is 2.37. The monoisotopic (exact) mass is 347 g/mol. The third-order valence-corrected chi connectivity index (χ3v) is 4.93. The maximum Gasteiger partial charge on any atom is 0.279 e. The van der Waals surface area contributed by atoms with Gasteiger partial charge in [-0.1, -0.05) is 0 Å². The summed E-state index contributed by atoms with van der Waals surface area (Å²) in [5, 5.41) is 1.71. The highest BCUT2D eigenvalue weighted by atomic mass is 32.1. The van der Waals surface area contributed by atoms with E-state index in [0.29, 0.717) is 18.8 Å². The second-order valence-corrected chi connectivity index (χ2v) is 6.34. The molecule has 1 N–H and O–H groups in total. The van der Waals surface area contributed by atoms with Gasteiger partial charge in [-0.3, -0.25) is 14.4 Å². The molecule has 0 spiro atoms. The van der Waals surface area contributed by atoms with Crippen LogP contribution in [0.2, 0.25) is 0 Å². The van der Waals surface area contributed by atoms with Crippen molar-refractivity contribution < 1.29 is 9.59 Å². The van der Waals surface area contributed by atoms with Gasteiger partial charge in [0.1, 0.15) is 5.69 Å². The summed E-state index contributed by atoms with van der Waals surface area (Å²) >= 11 is 1.37. The van der Waals surface area contributed by atoms with Crippen LogP contribution < -0.4 is 5.56 Å². The normalized spacial score (nSPS) is 20.9. The molecule has 9 heteroatoms. The Labute approximate surface area is 142 Å². The predicted octanol–water partition coefficient (Wildman–Crippen LogP) is 0.602. The van der Waals surface area contributed by atoms with E-state index in [9.17, 15) is 14.4 Å². The van der Waals surface area contributed by atoms with Crippen LogP contribution in [0.25, 0.3) is 0 Å². The zero-order valence-corrected chi connectivity index (χ0v) is 14.1. The van der Waals surface area contributed by atoms with Crippen LogP contribution in [0.4, 0.5) is 0 Å². The lowest BCUT2D eigenvalue weighted by Gasteiger charge is -2.44. The molecule has 1 fully saturated rings. The van der Waals surface area contributed by atoms with Crippen molar-refractivity contribution in [3.05, 3.63) is 45.0 Å². The molecule has 2 aromatic rings. The Morgan fingerprint density at radius 3 is 2.42 bits per heavy atom. The SMILES string of the molecule is C[C@@H]1[C@@H](C)N(C(=O)c2ncc[nH]c2=O)CCN1C(=O)c1cscn1. The van der Waals surface area contributed by atoms with Gasteiger partial charge in [-0.2, -0.15) is 0 Å². The average Bonchev–Trinajstić information content (AvgIpc) is 3.11. The molecule has 0 radical (unpaired) electrons. The van der Waals surface area contributed by atoms with Gasteiger partial charge in [-0.25, -0.2) is 9.97 Å². The zero-order valence-electron chi connectivity index (χ0n) is 13.3. The summed E-state index contributed by atoms with van der Waals surface area (Å²) in [7, 11) is 0. The van der Waals surface area contributed by atoms with Gasteiger partial charge in [0.2, 0.25) is 0 Å². The van der Waals surface area contributed by atoms with Gasteiger partial charge >= 0.3 is 0 Å². The van der Waals surface area contributed by atoms with Gasteiger partial charge in [-0.15, -0.1) is 11.3 Å². The lowest BCUT2D eigenvalue weighted by Crippen LogP contribution is -2.60. The molecule has 2 atom stereocenters. The van der Waals surface area contributed by atoms with Crippen LogP contribution >= 0.6 is 11.3 Å². The van der Waals surface area contributed by atoms with E-state index in [1.807, 2.05) is 13.8 Å². The summed E-state index contributed by atoms with van der Waals surface area (Å²) in [4.78, 5) is 50.6. The minimum atomic E-state index is -0.511. The molecule has 0 aliphatic carbocycles. The van der Waals surface area contributed by atoms with Crippen LogP contribution in [0.1, 0.15) is 34.8 Å². The van der Waals surface area contributed by atoms with Crippen LogP contribution in [-0.4, -0.2) is 61.7 Å². The maximum atomic E-state index is 12.6. The number of aromatic amines is 1. The van der Waals surface area contributed by atoms with Crippen LogP contribution in [0, 0.1) is 0 Å². The minimum absolute atomic E-state index is 0.129. The van der Waals surface area contributed by atoms with Gasteiger partial charge < -0.3 is 14.8 Å². The smallest absolute Gasteiger partial charge is 0.279 e. The number of H-pyrrole nitrogens is 1. The molecule has 1 saturated heterocycles. The molecule has 0 bridgehead atoms. The van der Waals surface area contributed by atoms with Crippen molar-refractivity contribution >= 4 is 23.2 Å². The largest absolute Gasteiger partial charge is 0.331 e. The van der Waals surface area contributed by atoms with Crippen LogP contribution in [0.3, 0.4) is 0 Å². The number of hydrogen-bond acceptors (Lipinski definition) is 6. The molecule has 3 heterocycles. The first-order chi connectivity index (χ1) is 11.5. The molecule has 0 aromatic carbocycles. The standard InChI is InChI=1S/C15H17N5O3S/c1-9-10(2)20(15(23)12-13(21)17-4-3-16-12)6-5-19(9)14(22)11-7-24-8-18-11/h3-4,7-10H,5-6H2,1-2H3,(H,17,21)/t9-,10-/m1/s1. The highest BCUT2D eigenvalue weighted by Crippen LogP contribution is 2.20. The molecule has 2 aromatic heterocycles. The first-order valence-corrected chi connectivity index (χ1v) is 8.48. The molecule has 0 saturated carbocycles. The molecule has 24 heavy (non-hydrogen) atoms. The van der Waals surface area contributed by atoms with E-state index < -0.39 is 11.5 Å². The summed E-state index contributed by atoms with van der Waals surface area (Å²) in [6.07, 6.45) is 2.76. The Morgan fingerprint density at radius 1 is 1.17 bits per heavy atom. The van der Waals surface area contributed by atoms with Crippen LogP contribution in [0.15, 0.2) is 28.1 Å². The van der Waals surface area contributed by atoms with Gasteiger partial charge in [0, 0.05) is 42.9 Å². The van der Waals surface area contributed by atoms with E-state index >= 15 is 0 Å². The van der Waals surface area contributed by atoms with Crippen molar-refractivity contribution in [2.24, 2.45) is 0 Å². The molecule has 1 aliphatic heterocycles. The van der Waals surface area contributed by atoms with Gasteiger partial charge in [0.05, 0.1) is 5.51 Å². The van der Waals surface area contributed by atoms with Crippen molar-refractivity contribution in [3.8, 4) is 0 Å². The molecular weight excluding hydrogens is 330 g/mol. The molecule has 126 valence electrons. The molecule has 3 rings (SSSR count). The van der Waals surface area contributed by atoms with Crippen molar-refractivity contribution in [3.63, 3.8) is 0 Å². The van der Waals surface area contributed by atoms with E-state index in [2.05, 4.69) is 15.0 Å². The number of piperazine rings is 1. The first kappa shape index (κ1) is 16.3. The number of carbonyl (C=O) groups excluding carboxylic acids is 2. The number of aromatic nitrogens is 3. The number of carbonyl (C=O) groups is 2. The van der Waals surface area contributed by atoms with Gasteiger partial charge in [0.25, 0.3) is 17.4 Å². The Kier molecular flexibility index (Phi) is 4.43. The third-order valence-electron chi connectivity index (χ3n) is 4.35. The fourth-order valence-corrected chi connectivity index (χ4v) is 3.35. The lowest BCUT2D eigenvalue weighted by molar-refractivity contribution is 0.0234. The quantitative estimate of drug-likeness (QED) is 0.858. The second kappa shape index (κ2) is 6.52.